The Hall–Kier alpha value is -0.790. The number of hydrogen-bond donors (Lipinski definition) is 0. The highest BCUT2D eigenvalue weighted by molar-refractivity contribution is 5.76. The summed E-state index contributed by atoms with van der Waals surface area (Å²) in [4.78, 5) is 14.0. The van der Waals surface area contributed by atoms with E-state index in [0.29, 0.717) is 5.91 Å². The van der Waals surface area contributed by atoms with E-state index < -0.39 is 0 Å². The van der Waals surface area contributed by atoms with E-state index >= 15 is 0 Å². The summed E-state index contributed by atoms with van der Waals surface area (Å²) >= 11 is 0. The van der Waals surface area contributed by atoms with E-state index in [1.807, 2.05) is 4.90 Å². The van der Waals surface area contributed by atoms with Crippen LogP contribution >= 0.6 is 0 Å². The first kappa shape index (κ1) is 21.3. The van der Waals surface area contributed by atoms with Gasteiger partial charge in [0.15, 0.2) is 0 Å². The van der Waals surface area contributed by atoms with Gasteiger partial charge < -0.3 is 4.90 Å². The smallest absolute Gasteiger partial charge is 0.222 e. The number of hydrogen-bond acceptors (Lipinski definition) is 1. The lowest BCUT2D eigenvalue weighted by Crippen LogP contribution is -2.27. The number of carbonyl (C=O) groups is 1. The summed E-state index contributed by atoms with van der Waals surface area (Å²) in [5, 5.41) is 0. The average molecular weight is 336 g/mol. The topological polar surface area (TPSA) is 20.3 Å². The molecule has 1 fully saturated rings. The quantitative estimate of drug-likeness (QED) is 0.278. The first-order valence-electron chi connectivity index (χ1n) is 10.6. The molecule has 1 rings (SSSR count). The van der Waals surface area contributed by atoms with Gasteiger partial charge in [-0.1, -0.05) is 64.0 Å². The fourth-order valence-corrected chi connectivity index (χ4v) is 3.73. The van der Waals surface area contributed by atoms with Crippen molar-refractivity contribution >= 4 is 5.91 Å². The molecule has 0 aromatic carbocycles. The van der Waals surface area contributed by atoms with Crippen LogP contribution in [-0.4, -0.2) is 23.9 Å². The van der Waals surface area contributed by atoms with Crippen molar-refractivity contribution in [3.05, 3.63) is 11.6 Å². The van der Waals surface area contributed by atoms with Crippen LogP contribution in [0.5, 0.6) is 0 Å². The summed E-state index contributed by atoms with van der Waals surface area (Å²) in [5.41, 5.74) is 1.54. The van der Waals surface area contributed by atoms with Crippen molar-refractivity contribution in [2.45, 2.75) is 104 Å². The molecule has 0 N–H and O–H groups in total. The molecule has 1 saturated heterocycles. The Morgan fingerprint density at radius 1 is 1.04 bits per heavy atom. The number of rotatable bonds is 13. The van der Waals surface area contributed by atoms with Crippen molar-refractivity contribution in [2.24, 2.45) is 5.92 Å². The lowest BCUT2D eigenvalue weighted by molar-refractivity contribution is -0.130. The molecule has 1 aliphatic rings. The normalized spacial score (nSPS) is 16.6. The van der Waals surface area contributed by atoms with Gasteiger partial charge in [0.2, 0.25) is 5.91 Å². The highest BCUT2D eigenvalue weighted by atomic mass is 16.2. The van der Waals surface area contributed by atoms with Crippen molar-refractivity contribution < 1.29 is 4.79 Å². The number of nitrogens with zero attached hydrogens (tertiary/aromatic N) is 1. The van der Waals surface area contributed by atoms with Gasteiger partial charge in [-0.25, -0.2) is 0 Å². The number of unbranched alkanes of at least 4 members (excludes halogenated alkanes) is 6. The molecule has 1 unspecified atom stereocenters. The molecule has 0 aromatic rings. The second-order valence-corrected chi connectivity index (χ2v) is 7.90. The molecule has 1 aliphatic heterocycles. The van der Waals surface area contributed by atoms with Gasteiger partial charge in [-0.05, 0) is 51.4 Å². The maximum Gasteiger partial charge on any atom is 0.222 e. The predicted molar refractivity (Wildman–Crippen MR) is 105 cm³/mol. The minimum atomic E-state index is 0.380. The molecule has 1 amide bonds. The van der Waals surface area contributed by atoms with Crippen LogP contribution < -0.4 is 0 Å². The predicted octanol–water partition coefficient (Wildman–Crippen LogP) is 6.50. The Morgan fingerprint density at radius 3 is 2.46 bits per heavy atom. The lowest BCUT2D eigenvalue weighted by atomic mass is 9.95. The zero-order valence-corrected chi connectivity index (χ0v) is 16.6. The van der Waals surface area contributed by atoms with E-state index in [4.69, 9.17) is 0 Å². The van der Waals surface area contributed by atoms with E-state index in [1.165, 1.54) is 57.8 Å². The van der Waals surface area contributed by atoms with Crippen LogP contribution in [0.3, 0.4) is 0 Å². The Labute approximate surface area is 151 Å². The van der Waals surface area contributed by atoms with Crippen LogP contribution in [0.2, 0.25) is 0 Å². The Balaban J connectivity index is 2.01. The first-order chi connectivity index (χ1) is 11.6. The van der Waals surface area contributed by atoms with E-state index in [9.17, 15) is 4.79 Å². The SMILES string of the molecule is CCCCCCCC(C)CC(C)=CCCCCC(=O)N1CCCC1. The van der Waals surface area contributed by atoms with Gasteiger partial charge in [0.25, 0.3) is 0 Å². The highest BCUT2D eigenvalue weighted by Gasteiger charge is 2.16. The van der Waals surface area contributed by atoms with E-state index in [-0.39, 0.29) is 0 Å². The molecule has 0 bridgehead atoms. The molecule has 0 aromatic heterocycles. The molecule has 1 heterocycles. The van der Waals surface area contributed by atoms with Gasteiger partial charge in [0, 0.05) is 19.5 Å². The van der Waals surface area contributed by atoms with Crippen LogP contribution in [0.1, 0.15) is 104 Å². The Morgan fingerprint density at radius 2 is 1.75 bits per heavy atom. The van der Waals surface area contributed by atoms with E-state index in [2.05, 4.69) is 26.8 Å². The van der Waals surface area contributed by atoms with Crippen molar-refractivity contribution in [1.82, 2.24) is 4.90 Å². The molecule has 0 saturated carbocycles. The van der Waals surface area contributed by atoms with Crippen LogP contribution in [0, 0.1) is 5.92 Å². The van der Waals surface area contributed by atoms with Gasteiger partial charge in [0.05, 0.1) is 0 Å². The van der Waals surface area contributed by atoms with Crippen molar-refractivity contribution in [3.63, 3.8) is 0 Å². The Bertz CT molecular complexity index is 355. The van der Waals surface area contributed by atoms with Crippen LogP contribution in [0.25, 0.3) is 0 Å². The molecular formula is C22H41NO. The number of likely N-dealkylation sites (tertiary alicyclic amines) is 1. The van der Waals surface area contributed by atoms with Crippen LogP contribution in [0.15, 0.2) is 11.6 Å². The average Bonchev–Trinajstić information content (AvgIpc) is 3.08. The second-order valence-electron chi connectivity index (χ2n) is 7.90. The summed E-state index contributed by atoms with van der Waals surface area (Å²) in [5.74, 6) is 1.20. The molecule has 0 radical (unpaired) electrons. The Kier molecular flexibility index (Phi) is 12.0. The standard InChI is InChI=1S/C22H41NO/c1-4-5-6-7-9-14-20(2)19-21(3)15-10-8-11-16-22(24)23-17-12-13-18-23/h15,20H,4-14,16-19H2,1-3H3. The first-order valence-corrected chi connectivity index (χ1v) is 10.6. The number of amides is 1. The maximum absolute atomic E-state index is 12.0. The lowest BCUT2D eigenvalue weighted by Gasteiger charge is -2.14. The summed E-state index contributed by atoms with van der Waals surface area (Å²) in [6, 6.07) is 0. The fourth-order valence-electron chi connectivity index (χ4n) is 3.73. The second kappa shape index (κ2) is 13.5. The van der Waals surface area contributed by atoms with E-state index in [1.54, 1.807) is 5.57 Å². The minimum Gasteiger partial charge on any atom is -0.343 e. The van der Waals surface area contributed by atoms with Crippen LogP contribution in [0.4, 0.5) is 0 Å². The molecular weight excluding hydrogens is 294 g/mol. The maximum atomic E-state index is 12.0. The fraction of sp³-hybridized carbons (Fsp3) is 0.864. The number of allylic oxidation sites excluding steroid dienone is 2. The van der Waals surface area contributed by atoms with Crippen molar-refractivity contribution in [1.29, 1.82) is 0 Å². The third-order valence-corrected chi connectivity index (χ3v) is 5.27. The van der Waals surface area contributed by atoms with Crippen molar-refractivity contribution in [2.75, 3.05) is 13.1 Å². The van der Waals surface area contributed by atoms with Gasteiger partial charge in [-0.3, -0.25) is 4.79 Å². The molecule has 0 aliphatic carbocycles. The highest BCUT2D eigenvalue weighted by Crippen LogP contribution is 2.19. The summed E-state index contributed by atoms with van der Waals surface area (Å²) in [7, 11) is 0. The zero-order chi connectivity index (χ0) is 17.6. The zero-order valence-electron chi connectivity index (χ0n) is 16.6. The molecule has 2 nitrogen and oxygen atoms in total. The third-order valence-electron chi connectivity index (χ3n) is 5.27. The molecule has 1 atom stereocenters. The minimum absolute atomic E-state index is 0.380. The van der Waals surface area contributed by atoms with Gasteiger partial charge >= 0.3 is 0 Å². The molecule has 0 spiro atoms. The van der Waals surface area contributed by atoms with Gasteiger partial charge in [0.1, 0.15) is 0 Å². The summed E-state index contributed by atoms with van der Waals surface area (Å²) in [6.07, 6.45) is 18.5. The molecule has 140 valence electrons. The van der Waals surface area contributed by atoms with E-state index in [0.717, 1.165) is 44.7 Å². The largest absolute Gasteiger partial charge is 0.343 e. The summed E-state index contributed by atoms with van der Waals surface area (Å²) < 4.78 is 0. The number of carbonyl (C=O) groups excluding carboxylic acids is 1. The van der Waals surface area contributed by atoms with Gasteiger partial charge in [-0.15, -0.1) is 0 Å². The van der Waals surface area contributed by atoms with Gasteiger partial charge in [-0.2, -0.15) is 0 Å². The molecule has 2 heteroatoms. The van der Waals surface area contributed by atoms with Crippen molar-refractivity contribution in [3.8, 4) is 0 Å². The third kappa shape index (κ3) is 10.2. The van der Waals surface area contributed by atoms with Crippen LogP contribution in [-0.2, 0) is 4.79 Å². The monoisotopic (exact) mass is 335 g/mol. The molecule has 24 heavy (non-hydrogen) atoms. The summed E-state index contributed by atoms with van der Waals surface area (Å²) in [6.45, 7) is 8.94.